The fourth-order valence-electron chi connectivity index (χ4n) is 1.38. The third-order valence-electron chi connectivity index (χ3n) is 2.68. The lowest BCUT2D eigenvalue weighted by molar-refractivity contribution is -0.403. The van der Waals surface area contributed by atoms with E-state index in [-0.39, 0.29) is 30.4 Å². The molecule has 0 saturated carbocycles. The summed E-state index contributed by atoms with van der Waals surface area (Å²) in [7, 11) is 0. The molecule has 0 fully saturated rings. The molecule has 4 nitrogen and oxygen atoms in total. The van der Waals surface area contributed by atoms with Crippen molar-refractivity contribution >= 4 is 29.2 Å². The third kappa shape index (κ3) is 5.15. The molecule has 0 radical (unpaired) electrons. The van der Waals surface area contributed by atoms with Crippen molar-refractivity contribution in [3.05, 3.63) is 28.0 Å². The molecular formula is C12H17Cl3N2O2. The smallest absolute Gasteiger partial charge is 0.364 e. The van der Waals surface area contributed by atoms with Gasteiger partial charge in [-0.3, -0.25) is 4.98 Å². The Kier molecular flexibility index (Phi) is 7.67. The fraction of sp³-hybridized carbons (Fsp3) is 0.500. The zero-order chi connectivity index (χ0) is 13.9. The van der Waals surface area contributed by atoms with E-state index in [0.29, 0.717) is 15.7 Å². The summed E-state index contributed by atoms with van der Waals surface area (Å²) < 4.78 is 5.28. The first-order valence-corrected chi connectivity index (χ1v) is 6.43. The normalized spacial score (nSPS) is 15.1. The average molecular weight is 328 g/mol. The van der Waals surface area contributed by atoms with Gasteiger partial charge in [0.15, 0.2) is 6.04 Å². The number of hydrogen-bond acceptors (Lipinski definition) is 3. The van der Waals surface area contributed by atoms with Crippen LogP contribution in [0.3, 0.4) is 0 Å². The number of esters is 1. The van der Waals surface area contributed by atoms with Gasteiger partial charge in [0.1, 0.15) is 6.10 Å². The summed E-state index contributed by atoms with van der Waals surface area (Å²) in [5.41, 5.74) is 4.28. The van der Waals surface area contributed by atoms with E-state index in [2.05, 4.69) is 10.7 Å². The summed E-state index contributed by atoms with van der Waals surface area (Å²) in [4.78, 5) is 15.6. The highest BCUT2D eigenvalue weighted by Gasteiger charge is 2.24. The van der Waals surface area contributed by atoms with Crippen molar-refractivity contribution in [1.82, 2.24) is 4.98 Å². The molecular weight excluding hydrogens is 311 g/mol. The van der Waals surface area contributed by atoms with E-state index in [0.717, 1.165) is 0 Å². The van der Waals surface area contributed by atoms with Gasteiger partial charge in [-0.2, -0.15) is 0 Å². The second kappa shape index (κ2) is 7.90. The SMILES string of the molecule is CC(OC(=O)[C@H](C)[NH3+])C(C)c1ncc(Cl)cc1Cl.[Cl-]. The van der Waals surface area contributed by atoms with Gasteiger partial charge in [0.2, 0.25) is 0 Å². The number of pyridine rings is 1. The summed E-state index contributed by atoms with van der Waals surface area (Å²) in [6.07, 6.45) is 1.20. The van der Waals surface area contributed by atoms with E-state index in [1.165, 1.54) is 6.20 Å². The molecule has 19 heavy (non-hydrogen) atoms. The molecule has 3 N–H and O–H groups in total. The van der Waals surface area contributed by atoms with Gasteiger partial charge >= 0.3 is 5.97 Å². The second-order valence-corrected chi connectivity index (χ2v) is 5.20. The van der Waals surface area contributed by atoms with Crippen molar-refractivity contribution in [2.24, 2.45) is 0 Å². The van der Waals surface area contributed by atoms with Crippen molar-refractivity contribution < 1.29 is 27.7 Å². The zero-order valence-corrected chi connectivity index (χ0v) is 13.3. The van der Waals surface area contributed by atoms with Crippen molar-refractivity contribution in [1.29, 1.82) is 0 Å². The summed E-state index contributed by atoms with van der Waals surface area (Å²) in [5, 5.41) is 0.951. The average Bonchev–Trinajstić information content (AvgIpc) is 2.27. The van der Waals surface area contributed by atoms with Crippen LogP contribution in [0.4, 0.5) is 0 Å². The number of rotatable bonds is 4. The maximum atomic E-state index is 11.5. The minimum atomic E-state index is -0.395. The lowest BCUT2D eigenvalue weighted by Crippen LogP contribution is -3.00. The van der Waals surface area contributed by atoms with Crippen molar-refractivity contribution in [2.45, 2.75) is 38.8 Å². The minimum absolute atomic E-state index is 0. The number of halogens is 3. The number of carbonyl (C=O) groups excluding carboxylic acids is 1. The molecule has 0 aliphatic carbocycles. The predicted octanol–water partition coefficient (Wildman–Crippen LogP) is -0.942. The highest BCUT2D eigenvalue weighted by molar-refractivity contribution is 6.34. The van der Waals surface area contributed by atoms with E-state index in [1.54, 1.807) is 19.9 Å². The quantitative estimate of drug-likeness (QED) is 0.726. The molecule has 0 spiro atoms. The Morgan fingerprint density at radius 2 is 1.95 bits per heavy atom. The lowest BCUT2D eigenvalue weighted by atomic mass is 10.0. The molecule has 1 aromatic rings. The monoisotopic (exact) mass is 326 g/mol. The van der Waals surface area contributed by atoms with Gasteiger partial charge in [-0.25, -0.2) is 4.79 Å². The molecule has 7 heteroatoms. The summed E-state index contributed by atoms with van der Waals surface area (Å²) in [5.74, 6) is -0.447. The van der Waals surface area contributed by atoms with Crippen LogP contribution in [0.1, 0.15) is 32.4 Å². The van der Waals surface area contributed by atoms with Gasteiger partial charge in [-0.05, 0) is 19.9 Å². The third-order valence-corrected chi connectivity index (χ3v) is 3.19. The van der Waals surface area contributed by atoms with Gasteiger partial charge < -0.3 is 22.9 Å². The lowest BCUT2D eigenvalue weighted by Gasteiger charge is -2.21. The largest absolute Gasteiger partial charge is 1.00 e. The molecule has 1 aromatic heterocycles. The van der Waals surface area contributed by atoms with Gasteiger partial charge in [-0.1, -0.05) is 30.1 Å². The van der Waals surface area contributed by atoms with Crippen molar-refractivity contribution in [3.8, 4) is 0 Å². The number of quaternary nitrogens is 1. The molecule has 1 heterocycles. The maximum Gasteiger partial charge on any atom is 0.364 e. The van der Waals surface area contributed by atoms with E-state index >= 15 is 0 Å². The van der Waals surface area contributed by atoms with Gasteiger partial charge in [0, 0.05) is 12.1 Å². The molecule has 0 aliphatic rings. The highest BCUT2D eigenvalue weighted by atomic mass is 35.5. The van der Waals surface area contributed by atoms with Crippen LogP contribution in [-0.4, -0.2) is 23.1 Å². The van der Waals surface area contributed by atoms with Crippen molar-refractivity contribution in [2.75, 3.05) is 0 Å². The Labute approximate surface area is 129 Å². The van der Waals surface area contributed by atoms with Crippen LogP contribution < -0.4 is 18.1 Å². The number of nitrogens with zero attached hydrogens (tertiary/aromatic N) is 1. The summed E-state index contributed by atoms with van der Waals surface area (Å²) >= 11 is 11.9. The van der Waals surface area contributed by atoms with Crippen LogP contribution in [-0.2, 0) is 9.53 Å². The Hall–Kier alpha value is -0.550. The van der Waals surface area contributed by atoms with Crippen LogP contribution >= 0.6 is 23.2 Å². The van der Waals surface area contributed by atoms with Gasteiger partial charge in [-0.15, -0.1) is 0 Å². The topological polar surface area (TPSA) is 66.8 Å². The maximum absolute atomic E-state index is 11.5. The van der Waals surface area contributed by atoms with Crippen LogP contribution in [0.15, 0.2) is 12.3 Å². The molecule has 3 atom stereocenters. The predicted molar refractivity (Wildman–Crippen MR) is 70.6 cm³/mol. The van der Waals surface area contributed by atoms with Crippen LogP contribution in [0.2, 0.25) is 10.0 Å². The molecule has 0 bridgehead atoms. The first-order valence-electron chi connectivity index (χ1n) is 5.67. The van der Waals surface area contributed by atoms with Crippen LogP contribution in [0.25, 0.3) is 0 Å². The first-order chi connectivity index (χ1) is 8.32. The first kappa shape index (κ1) is 18.4. The summed E-state index contributed by atoms with van der Waals surface area (Å²) in [6.45, 7) is 5.39. The zero-order valence-electron chi connectivity index (χ0n) is 11.0. The number of carbonyl (C=O) groups is 1. The Bertz CT molecular complexity index is 441. The molecule has 0 aliphatic heterocycles. The molecule has 2 unspecified atom stereocenters. The Balaban J connectivity index is 0.00000324. The number of aromatic nitrogens is 1. The molecule has 0 saturated heterocycles. The summed E-state index contributed by atoms with van der Waals surface area (Å²) in [6, 6.07) is 1.23. The Morgan fingerprint density at radius 3 is 2.42 bits per heavy atom. The van der Waals surface area contributed by atoms with Crippen LogP contribution in [0, 0.1) is 0 Å². The van der Waals surface area contributed by atoms with Crippen molar-refractivity contribution in [3.63, 3.8) is 0 Å². The van der Waals surface area contributed by atoms with Gasteiger partial charge in [0.05, 0.1) is 15.7 Å². The highest BCUT2D eigenvalue weighted by Crippen LogP contribution is 2.28. The molecule has 0 amide bonds. The number of hydrogen-bond donors (Lipinski definition) is 1. The standard InChI is InChI=1S/C12H16Cl2N2O2.ClH/c1-6(8(3)18-12(17)7(2)15)11-10(14)4-9(13)5-16-11;/h4-8H,15H2,1-3H3;1H/t6?,7-,8?;/m0./s1. The molecule has 0 aromatic carbocycles. The second-order valence-electron chi connectivity index (χ2n) is 4.35. The van der Waals surface area contributed by atoms with E-state index in [4.69, 9.17) is 27.9 Å². The van der Waals surface area contributed by atoms with Gasteiger partial charge in [0.25, 0.3) is 0 Å². The molecule has 1 rings (SSSR count). The van der Waals surface area contributed by atoms with E-state index in [1.807, 2.05) is 6.92 Å². The van der Waals surface area contributed by atoms with E-state index < -0.39 is 6.04 Å². The number of ether oxygens (including phenoxy) is 1. The van der Waals surface area contributed by atoms with E-state index in [9.17, 15) is 4.79 Å². The molecule has 108 valence electrons. The fourth-order valence-corrected chi connectivity index (χ4v) is 1.94. The Morgan fingerprint density at radius 1 is 1.37 bits per heavy atom. The minimum Gasteiger partial charge on any atom is -1.00 e. The van der Waals surface area contributed by atoms with Crippen LogP contribution in [0.5, 0.6) is 0 Å².